The second-order valence-electron chi connectivity index (χ2n) is 3.70. The minimum absolute atomic E-state index is 0.189. The number of hydrogen-bond donors (Lipinski definition) is 1. The maximum Gasteiger partial charge on any atom is 0.180 e. The zero-order valence-electron chi connectivity index (χ0n) is 9.91. The van der Waals surface area contributed by atoms with Crippen molar-refractivity contribution in [1.82, 2.24) is 0 Å². The van der Waals surface area contributed by atoms with Gasteiger partial charge in [0.15, 0.2) is 11.6 Å². The fourth-order valence-electron chi connectivity index (χ4n) is 1.52. The quantitative estimate of drug-likeness (QED) is 0.615. The van der Waals surface area contributed by atoms with Crippen molar-refractivity contribution in [2.24, 2.45) is 0 Å². The van der Waals surface area contributed by atoms with Crippen LogP contribution >= 0.6 is 0 Å². The summed E-state index contributed by atoms with van der Waals surface area (Å²) in [6, 6.07) is 12.0. The predicted octanol–water partition coefficient (Wildman–Crippen LogP) is 2.82. The third-order valence-electron chi connectivity index (χ3n) is 2.41. The van der Waals surface area contributed by atoms with Gasteiger partial charge in [0.2, 0.25) is 0 Å². The van der Waals surface area contributed by atoms with E-state index in [0.29, 0.717) is 11.3 Å². The summed E-state index contributed by atoms with van der Waals surface area (Å²) >= 11 is 0. The number of methoxy groups -OCH3 is 1. The van der Waals surface area contributed by atoms with E-state index in [0.717, 1.165) is 5.56 Å². The number of nitrogen functional groups attached to an aromatic ring is 1. The Balaban J connectivity index is 2.36. The van der Waals surface area contributed by atoms with Gasteiger partial charge in [-0.3, -0.25) is 0 Å². The average molecular weight is 241 g/mol. The van der Waals surface area contributed by atoms with E-state index in [1.165, 1.54) is 7.11 Å². The molecule has 2 aromatic carbocycles. The van der Waals surface area contributed by atoms with Gasteiger partial charge in [0.05, 0.1) is 12.7 Å². The van der Waals surface area contributed by atoms with Crippen LogP contribution in [0.2, 0.25) is 0 Å². The van der Waals surface area contributed by atoms with E-state index in [4.69, 9.17) is 10.5 Å². The Bertz CT molecular complexity index is 626. The van der Waals surface area contributed by atoms with Gasteiger partial charge in [-0.25, -0.2) is 4.39 Å². The van der Waals surface area contributed by atoms with Crippen LogP contribution in [0.5, 0.6) is 5.75 Å². The first-order valence-corrected chi connectivity index (χ1v) is 5.41. The smallest absolute Gasteiger partial charge is 0.180 e. The lowest BCUT2D eigenvalue weighted by Crippen LogP contribution is -1.91. The molecule has 0 aliphatic rings. The summed E-state index contributed by atoms with van der Waals surface area (Å²) in [6.45, 7) is 0. The van der Waals surface area contributed by atoms with Gasteiger partial charge in [0.25, 0.3) is 0 Å². The monoisotopic (exact) mass is 241 g/mol. The molecule has 0 spiro atoms. The summed E-state index contributed by atoms with van der Waals surface area (Å²) in [6.07, 6.45) is 0. The van der Waals surface area contributed by atoms with E-state index in [1.54, 1.807) is 36.4 Å². The molecule has 0 aliphatic heterocycles. The number of hydrogen-bond acceptors (Lipinski definition) is 2. The van der Waals surface area contributed by atoms with Crippen LogP contribution in [0.1, 0.15) is 11.1 Å². The van der Waals surface area contributed by atoms with Crippen molar-refractivity contribution in [2.75, 3.05) is 12.8 Å². The van der Waals surface area contributed by atoms with Crippen LogP contribution in [-0.4, -0.2) is 7.11 Å². The van der Waals surface area contributed by atoms with Gasteiger partial charge in [-0.2, -0.15) is 0 Å². The number of rotatable bonds is 1. The summed E-state index contributed by atoms with van der Waals surface area (Å²) in [5, 5.41) is 0. The largest absolute Gasteiger partial charge is 0.494 e. The lowest BCUT2D eigenvalue weighted by molar-refractivity contribution is 0.386. The average Bonchev–Trinajstić information content (AvgIpc) is 2.38. The van der Waals surface area contributed by atoms with E-state index in [2.05, 4.69) is 11.8 Å². The molecule has 18 heavy (non-hydrogen) atoms. The molecule has 0 saturated carbocycles. The SMILES string of the molecule is COc1cccc(C#Cc2cccc(N)c2)c1F. The van der Waals surface area contributed by atoms with Crippen LogP contribution < -0.4 is 10.5 Å². The standard InChI is InChI=1S/C15H12FNO/c1-18-14-7-3-5-12(15(14)16)9-8-11-4-2-6-13(17)10-11/h2-7,10H,17H2,1H3. The zero-order valence-corrected chi connectivity index (χ0v) is 9.91. The first-order valence-electron chi connectivity index (χ1n) is 5.41. The Morgan fingerprint density at radius 3 is 2.61 bits per heavy atom. The second-order valence-corrected chi connectivity index (χ2v) is 3.70. The molecule has 3 heteroatoms. The maximum atomic E-state index is 13.8. The van der Waals surface area contributed by atoms with Crippen molar-refractivity contribution in [3.8, 4) is 17.6 Å². The summed E-state index contributed by atoms with van der Waals surface area (Å²) < 4.78 is 18.7. The second kappa shape index (κ2) is 5.24. The summed E-state index contributed by atoms with van der Waals surface area (Å²) in [7, 11) is 1.42. The Morgan fingerprint density at radius 2 is 1.89 bits per heavy atom. The van der Waals surface area contributed by atoms with Crippen molar-refractivity contribution < 1.29 is 9.13 Å². The highest BCUT2D eigenvalue weighted by Crippen LogP contribution is 2.19. The number of ether oxygens (including phenoxy) is 1. The summed E-state index contributed by atoms with van der Waals surface area (Å²) in [4.78, 5) is 0. The summed E-state index contributed by atoms with van der Waals surface area (Å²) in [5.41, 5.74) is 7.32. The lowest BCUT2D eigenvalue weighted by Gasteiger charge is -2.01. The molecule has 2 nitrogen and oxygen atoms in total. The third kappa shape index (κ3) is 2.61. The Kier molecular flexibility index (Phi) is 3.49. The molecular formula is C15H12FNO. The molecule has 0 radical (unpaired) electrons. The number of anilines is 1. The van der Waals surface area contributed by atoms with Gasteiger partial charge < -0.3 is 10.5 Å². The van der Waals surface area contributed by atoms with E-state index < -0.39 is 5.82 Å². The van der Waals surface area contributed by atoms with Gasteiger partial charge in [0, 0.05) is 11.3 Å². The molecule has 0 heterocycles. The highest BCUT2D eigenvalue weighted by molar-refractivity contribution is 5.50. The lowest BCUT2D eigenvalue weighted by atomic mass is 10.1. The van der Waals surface area contributed by atoms with Gasteiger partial charge >= 0.3 is 0 Å². The fraction of sp³-hybridized carbons (Fsp3) is 0.0667. The van der Waals surface area contributed by atoms with Crippen LogP contribution in [0.4, 0.5) is 10.1 Å². The van der Waals surface area contributed by atoms with Crippen molar-refractivity contribution in [1.29, 1.82) is 0 Å². The molecule has 0 fully saturated rings. The third-order valence-corrected chi connectivity index (χ3v) is 2.41. The first kappa shape index (κ1) is 12.0. The Labute approximate surface area is 105 Å². The van der Waals surface area contributed by atoms with Crippen LogP contribution in [0.3, 0.4) is 0 Å². The molecule has 2 aromatic rings. The van der Waals surface area contributed by atoms with Crippen LogP contribution in [-0.2, 0) is 0 Å². The Morgan fingerprint density at radius 1 is 1.11 bits per heavy atom. The molecule has 0 saturated heterocycles. The molecule has 0 aromatic heterocycles. The number of benzene rings is 2. The molecule has 2 rings (SSSR count). The van der Waals surface area contributed by atoms with Crippen molar-refractivity contribution in [2.45, 2.75) is 0 Å². The topological polar surface area (TPSA) is 35.2 Å². The molecule has 0 aliphatic carbocycles. The summed E-state index contributed by atoms with van der Waals surface area (Å²) in [5.74, 6) is 5.38. The molecule has 0 unspecified atom stereocenters. The van der Waals surface area contributed by atoms with Crippen LogP contribution in [0.25, 0.3) is 0 Å². The molecule has 0 amide bonds. The van der Waals surface area contributed by atoms with Crippen molar-refractivity contribution in [3.05, 3.63) is 59.4 Å². The van der Waals surface area contributed by atoms with Gasteiger partial charge in [-0.1, -0.05) is 24.0 Å². The molecule has 90 valence electrons. The predicted molar refractivity (Wildman–Crippen MR) is 69.8 cm³/mol. The normalized spacial score (nSPS) is 9.44. The zero-order chi connectivity index (χ0) is 13.0. The van der Waals surface area contributed by atoms with Gasteiger partial charge in [-0.15, -0.1) is 0 Å². The molecule has 0 atom stereocenters. The molecule has 0 bridgehead atoms. The van der Waals surface area contributed by atoms with E-state index in [9.17, 15) is 4.39 Å². The first-order chi connectivity index (χ1) is 8.70. The van der Waals surface area contributed by atoms with E-state index in [1.807, 2.05) is 6.07 Å². The minimum Gasteiger partial charge on any atom is -0.494 e. The number of halogens is 1. The van der Waals surface area contributed by atoms with Crippen molar-refractivity contribution >= 4 is 5.69 Å². The van der Waals surface area contributed by atoms with E-state index >= 15 is 0 Å². The highest BCUT2D eigenvalue weighted by atomic mass is 19.1. The Hall–Kier alpha value is -2.47. The number of nitrogens with two attached hydrogens (primary N) is 1. The van der Waals surface area contributed by atoms with Crippen LogP contribution in [0, 0.1) is 17.7 Å². The van der Waals surface area contributed by atoms with E-state index in [-0.39, 0.29) is 5.75 Å². The fourth-order valence-corrected chi connectivity index (χ4v) is 1.52. The van der Waals surface area contributed by atoms with Gasteiger partial charge in [-0.05, 0) is 30.3 Å². The van der Waals surface area contributed by atoms with Crippen molar-refractivity contribution in [3.63, 3.8) is 0 Å². The molecule has 2 N–H and O–H groups in total. The highest BCUT2D eigenvalue weighted by Gasteiger charge is 2.05. The molecular weight excluding hydrogens is 229 g/mol. The van der Waals surface area contributed by atoms with Crippen LogP contribution in [0.15, 0.2) is 42.5 Å². The van der Waals surface area contributed by atoms with Gasteiger partial charge in [0.1, 0.15) is 0 Å². The maximum absolute atomic E-state index is 13.8. The minimum atomic E-state index is -0.448.